The maximum atomic E-state index is 12.4. The molecule has 102 valence electrons. The van der Waals surface area contributed by atoms with Crippen LogP contribution in [-0.2, 0) is 10.0 Å². The van der Waals surface area contributed by atoms with Crippen LogP contribution in [0.4, 0.5) is 0 Å². The fourth-order valence-corrected chi connectivity index (χ4v) is 5.41. The predicted octanol–water partition coefficient (Wildman–Crippen LogP) is 1.40. The monoisotopic (exact) mass is 308 g/mol. The number of hydrogen-bond donors (Lipinski definition) is 1. The predicted molar refractivity (Wildman–Crippen MR) is 74.8 cm³/mol. The Morgan fingerprint density at radius 3 is 2.83 bits per heavy atom. The topological polar surface area (TPSA) is 49.4 Å². The highest BCUT2D eigenvalue weighted by Gasteiger charge is 2.37. The van der Waals surface area contributed by atoms with E-state index in [1.807, 2.05) is 5.38 Å². The van der Waals surface area contributed by atoms with Gasteiger partial charge in [-0.05, 0) is 42.8 Å². The molecule has 3 rings (SSSR count). The molecule has 0 aromatic carbocycles. The number of fused-ring (bicyclic) bond motifs is 1. The molecule has 2 unspecified atom stereocenters. The van der Waals surface area contributed by atoms with Gasteiger partial charge in [0.1, 0.15) is 4.21 Å². The molecule has 2 aliphatic heterocycles. The summed E-state index contributed by atoms with van der Waals surface area (Å²) < 4.78 is 26.8. The SMILES string of the molecule is Cl.O=S(=O)(c1cccs1)N1CCC2CNCC2C1. The molecule has 4 nitrogen and oxygen atoms in total. The van der Waals surface area contributed by atoms with E-state index < -0.39 is 10.0 Å². The van der Waals surface area contributed by atoms with E-state index in [4.69, 9.17) is 0 Å². The number of thiophene rings is 1. The summed E-state index contributed by atoms with van der Waals surface area (Å²) in [5.74, 6) is 1.17. The minimum absolute atomic E-state index is 0. The van der Waals surface area contributed by atoms with E-state index in [-0.39, 0.29) is 12.4 Å². The van der Waals surface area contributed by atoms with E-state index in [0.717, 1.165) is 19.5 Å². The lowest BCUT2D eigenvalue weighted by Gasteiger charge is -2.33. The van der Waals surface area contributed by atoms with Crippen molar-refractivity contribution in [3.8, 4) is 0 Å². The van der Waals surface area contributed by atoms with Crippen molar-refractivity contribution >= 4 is 33.8 Å². The summed E-state index contributed by atoms with van der Waals surface area (Å²) in [5, 5.41) is 5.17. The molecule has 0 aliphatic carbocycles. The molecular formula is C11H17ClN2O2S2. The summed E-state index contributed by atoms with van der Waals surface area (Å²) >= 11 is 1.30. The first-order chi connectivity index (χ1) is 8.18. The van der Waals surface area contributed by atoms with Gasteiger partial charge in [0.15, 0.2) is 0 Å². The Bertz CT molecular complexity index is 489. The van der Waals surface area contributed by atoms with Crippen LogP contribution in [0, 0.1) is 11.8 Å². The molecule has 2 atom stereocenters. The van der Waals surface area contributed by atoms with Crippen molar-refractivity contribution in [3.63, 3.8) is 0 Å². The Balaban J connectivity index is 0.00000120. The maximum Gasteiger partial charge on any atom is 0.252 e. The van der Waals surface area contributed by atoms with Crippen LogP contribution in [0.15, 0.2) is 21.7 Å². The van der Waals surface area contributed by atoms with Gasteiger partial charge in [0.2, 0.25) is 0 Å². The van der Waals surface area contributed by atoms with Gasteiger partial charge in [0.05, 0.1) is 0 Å². The van der Waals surface area contributed by atoms with Gasteiger partial charge in [-0.15, -0.1) is 23.7 Å². The average molecular weight is 309 g/mol. The van der Waals surface area contributed by atoms with Crippen molar-refractivity contribution in [2.24, 2.45) is 11.8 Å². The first kappa shape index (κ1) is 14.3. The molecule has 1 N–H and O–H groups in total. The van der Waals surface area contributed by atoms with Gasteiger partial charge in [0.25, 0.3) is 10.0 Å². The quantitative estimate of drug-likeness (QED) is 0.898. The van der Waals surface area contributed by atoms with E-state index in [2.05, 4.69) is 5.32 Å². The summed E-state index contributed by atoms with van der Waals surface area (Å²) in [4.78, 5) is 0. The van der Waals surface area contributed by atoms with Crippen LogP contribution in [0.3, 0.4) is 0 Å². The molecule has 0 radical (unpaired) electrons. The van der Waals surface area contributed by atoms with Gasteiger partial charge in [0, 0.05) is 13.1 Å². The van der Waals surface area contributed by atoms with Crippen LogP contribution in [0.25, 0.3) is 0 Å². The first-order valence-electron chi connectivity index (χ1n) is 5.92. The Hall–Kier alpha value is -0.140. The second kappa shape index (κ2) is 5.46. The van der Waals surface area contributed by atoms with Gasteiger partial charge in [-0.25, -0.2) is 8.42 Å². The smallest absolute Gasteiger partial charge is 0.252 e. The first-order valence-corrected chi connectivity index (χ1v) is 8.24. The Kier molecular flexibility index (Phi) is 4.33. The summed E-state index contributed by atoms with van der Waals surface area (Å²) in [7, 11) is -3.23. The van der Waals surface area contributed by atoms with Crippen molar-refractivity contribution in [2.45, 2.75) is 10.6 Å². The van der Waals surface area contributed by atoms with Crippen LogP contribution in [-0.4, -0.2) is 38.9 Å². The molecule has 2 aliphatic rings. The normalized spacial score (nSPS) is 28.7. The summed E-state index contributed by atoms with van der Waals surface area (Å²) in [6.45, 7) is 3.36. The van der Waals surface area contributed by atoms with Crippen LogP contribution in [0.5, 0.6) is 0 Å². The van der Waals surface area contributed by atoms with Crippen molar-refractivity contribution in [1.82, 2.24) is 9.62 Å². The van der Waals surface area contributed by atoms with Crippen LogP contribution < -0.4 is 5.32 Å². The third kappa shape index (κ3) is 2.44. The highest BCUT2D eigenvalue weighted by atomic mass is 35.5. The lowest BCUT2D eigenvalue weighted by molar-refractivity contribution is 0.228. The molecule has 0 spiro atoms. The highest BCUT2D eigenvalue weighted by Crippen LogP contribution is 2.31. The number of hydrogen-bond acceptors (Lipinski definition) is 4. The zero-order valence-corrected chi connectivity index (χ0v) is 12.4. The average Bonchev–Trinajstić information content (AvgIpc) is 2.99. The Labute approximate surface area is 118 Å². The molecule has 18 heavy (non-hydrogen) atoms. The van der Waals surface area contributed by atoms with Gasteiger partial charge in [-0.3, -0.25) is 0 Å². The molecule has 2 saturated heterocycles. The molecule has 1 aromatic rings. The van der Waals surface area contributed by atoms with E-state index in [1.165, 1.54) is 11.3 Å². The number of piperidine rings is 1. The molecule has 0 bridgehead atoms. The molecule has 0 saturated carbocycles. The number of nitrogens with zero attached hydrogens (tertiary/aromatic N) is 1. The highest BCUT2D eigenvalue weighted by molar-refractivity contribution is 7.91. The summed E-state index contributed by atoms with van der Waals surface area (Å²) in [5.41, 5.74) is 0. The van der Waals surface area contributed by atoms with Crippen LogP contribution in [0.1, 0.15) is 6.42 Å². The third-order valence-electron chi connectivity index (χ3n) is 3.76. The lowest BCUT2D eigenvalue weighted by Crippen LogP contribution is -2.43. The van der Waals surface area contributed by atoms with E-state index in [0.29, 0.717) is 29.1 Å². The number of nitrogens with one attached hydrogen (secondary N) is 1. The number of halogens is 1. The van der Waals surface area contributed by atoms with Crippen molar-refractivity contribution in [3.05, 3.63) is 17.5 Å². The van der Waals surface area contributed by atoms with Gasteiger partial charge in [-0.1, -0.05) is 6.07 Å². The summed E-state index contributed by atoms with van der Waals surface area (Å²) in [6.07, 6.45) is 0.988. The maximum absolute atomic E-state index is 12.4. The van der Waals surface area contributed by atoms with Crippen molar-refractivity contribution in [2.75, 3.05) is 26.2 Å². The van der Waals surface area contributed by atoms with Crippen molar-refractivity contribution in [1.29, 1.82) is 0 Å². The van der Waals surface area contributed by atoms with Crippen molar-refractivity contribution < 1.29 is 8.42 Å². The Morgan fingerprint density at radius 1 is 1.33 bits per heavy atom. The van der Waals surface area contributed by atoms with E-state index in [1.54, 1.807) is 16.4 Å². The number of rotatable bonds is 2. The lowest BCUT2D eigenvalue weighted by atomic mass is 9.90. The van der Waals surface area contributed by atoms with Crippen LogP contribution in [0.2, 0.25) is 0 Å². The second-order valence-electron chi connectivity index (χ2n) is 4.76. The molecular weight excluding hydrogens is 292 g/mol. The molecule has 1 aromatic heterocycles. The van der Waals surface area contributed by atoms with E-state index >= 15 is 0 Å². The van der Waals surface area contributed by atoms with Crippen LogP contribution >= 0.6 is 23.7 Å². The molecule has 7 heteroatoms. The zero-order valence-electron chi connectivity index (χ0n) is 9.91. The minimum atomic E-state index is -3.23. The van der Waals surface area contributed by atoms with Gasteiger partial charge in [-0.2, -0.15) is 4.31 Å². The van der Waals surface area contributed by atoms with Gasteiger partial charge >= 0.3 is 0 Å². The fourth-order valence-electron chi connectivity index (χ4n) is 2.76. The van der Waals surface area contributed by atoms with Gasteiger partial charge < -0.3 is 5.32 Å². The molecule has 2 fully saturated rings. The minimum Gasteiger partial charge on any atom is -0.316 e. The molecule has 0 amide bonds. The zero-order chi connectivity index (χ0) is 11.9. The Morgan fingerprint density at radius 2 is 2.11 bits per heavy atom. The summed E-state index contributed by atoms with van der Waals surface area (Å²) in [6, 6.07) is 3.49. The standard InChI is InChI=1S/C11H16N2O2S2.ClH/c14-17(15,11-2-1-5-16-11)13-4-3-9-6-12-7-10(9)8-13;/h1-2,5,9-10,12H,3-4,6-8H2;1H. The second-order valence-corrected chi connectivity index (χ2v) is 7.87. The fraction of sp³-hybridized carbons (Fsp3) is 0.636. The van der Waals surface area contributed by atoms with E-state index in [9.17, 15) is 8.42 Å². The largest absolute Gasteiger partial charge is 0.316 e. The number of sulfonamides is 1. The molecule has 3 heterocycles. The third-order valence-corrected chi connectivity index (χ3v) is 6.99.